The van der Waals surface area contributed by atoms with Crippen LogP contribution < -0.4 is 0 Å². The van der Waals surface area contributed by atoms with Crippen molar-refractivity contribution in [1.82, 2.24) is 15.0 Å². The van der Waals surface area contributed by atoms with Gasteiger partial charge in [0.1, 0.15) is 0 Å². The van der Waals surface area contributed by atoms with E-state index >= 15 is 0 Å². The van der Waals surface area contributed by atoms with E-state index in [4.69, 9.17) is 9.97 Å². The van der Waals surface area contributed by atoms with Crippen molar-refractivity contribution in [3.8, 4) is 45.0 Å². The van der Waals surface area contributed by atoms with Crippen molar-refractivity contribution in [2.45, 2.75) is 5.41 Å². The van der Waals surface area contributed by atoms with Crippen LogP contribution in [0.4, 0.5) is 0 Å². The van der Waals surface area contributed by atoms with Crippen molar-refractivity contribution in [3.05, 3.63) is 197 Å². The van der Waals surface area contributed by atoms with E-state index < -0.39 is 5.41 Å². The van der Waals surface area contributed by atoms with E-state index in [1.54, 1.807) is 6.20 Å². The van der Waals surface area contributed by atoms with Gasteiger partial charge in [-0.05, 0) is 80.9 Å². The number of fused-ring (bicyclic) bond motifs is 13. The summed E-state index contributed by atoms with van der Waals surface area (Å²) in [5.74, 6) is 0.686. The molecule has 11 rings (SSSR count). The second-order valence-corrected chi connectivity index (χ2v) is 14.6. The molecule has 0 radical (unpaired) electrons. The highest BCUT2D eigenvalue weighted by atomic mass is 32.1. The molecule has 3 nitrogen and oxygen atoms in total. The topological polar surface area (TPSA) is 38.7 Å². The van der Waals surface area contributed by atoms with E-state index in [1.165, 1.54) is 64.7 Å². The Morgan fingerprint density at radius 1 is 0.481 bits per heavy atom. The van der Waals surface area contributed by atoms with Gasteiger partial charge < -0.3 is 0 Å². The molecule has 1 atom stereocenters. The Balaban J connectivity index is 1.24. The van der Waals surface area contributed by atoms with Crippen LogP contribution in [-0.4, -0.2) is 15.0 Å². The number of pyridine rings is 1. The number of hydrogen-bond acceptors (Lipinski definition) is 4. The summed E-state index contributed by atoms with van der Waals surface area (Å²) in [6, 6.07) is 54.8. The normalized spacial score (nSPS) is 15.3. The molecular weight excluding hydrogens is 651 g/mol. The fourth-order valence-electron chi connectivity index (χ4n) is 8.63. The highest BCUT2D eigenvalue weighted by Gasteiger charge is 2.49. The summed E-state index contributed by atoms with van der Waals surface area (Å²) in [5, 5.41) is 2.66. The van der Waals surface area contributed by atoms with Gasteiger partial charge in [-0.25, -0.2) is 9.97 Å². The Labute approximate surface area is 305 Å². The van der Waals surface area contributed by atoms with Gasteiger partial charge in [0.25, 0.3) is 0 Å². The van der Waals surface area contributed by atoms with Crippen LogP contribution in [0.15, 0.2) is 164 Å². The maximum atomic E-state index is 5.24. The summed E-state index contributed by atoms with van der Waals surface area (Å²) in [5.41, 5.74) is 14.3. The highest BCUT2D eigenvalue weighted by molar-refractivity contribution is 7.26. The third kappa shape index (κ3) is 4.16. The summed E-state index contributed by atoms with van der Waals surface area (Å²) in [6.45, 7) is 0. The van der Waals surface area contributed by atoms with Gasteiger partial charge in [-0.3, -0.25) is 4.98 Å². The average molecular weight is 680 g/mol. The summed E-state index contributed by atoms with van der Waals surface area (Å²) >= 11 is 1.88. The van der Waals surface area contributed by atoms with Crippen LogP contribution in [0.2, 0.25) is 0 Å². The maximum Gasteiger partial charge on any atom is 0.160 e. The molecule has 0 bridgehead atoms. The first-order valence-corrected chi connectivity index (χ1v) is 18.4. The minimum Gasteiger partial charge on any atom is -0.264 e. The molecular formula is C48H29N3S. The molecule has 0 saturated carbocycles. The number of benzene rings is 6. The molecule has 0 saturated heterocycles. The first-order valence-electron chi connectivity index (χ1n) is 17.6. The monoisotopic (exact) mass is 679 g/mol. The van der Waals surface area contributed by atoms with Crippen molar-refractivity contribution >= 4 is 43.7 Å². The van der Waals surface area contributed by atoms with Gasteiger partial charge in [0.2, 0.25) is 0 Å². The van der Waals surface area contributed by atoms with E-state index in [0.29, 0.717) is 5.82 Å². The second kappa shape index (κ2) is 11.3. The molecule has 0 N–H and O–H groups in total. The largest absolute Gasteiger partial charge is 0.264 e. The SMILES string of the molecule is C1=Cc2ccc(-c3nc(-c4ccccc4)cc(-c4cccnc4)n3)cc2C2(c3ccccc31)c1ccccc1-c1c2ccc2sc3ccccc3c12. The first-order chi connectivity index (χ1) is 25.8. The van der Waals surface area contributed by atoms with Crippen molar-refractivity contribution in [1.29, 1.82) is 0 Å². The molecule has 1 spiro atoms. The quantitative estimate of drug-likeness (QED) is 0.187. The van der Waals surface area contributed by atoms with Gasteiger partial charge in [-0.15, -0.1) is 11.3 Å². The van der Waals surface area contributed by atoms with E-state index in [9.17, 15) is 0 Å². The van der Waals surface area contributed by atoms with Gasteiger partial charge in [0.15, 0.2) is 5.82 Å². The van der Waals surface area contributed by atoms with E-state index in [-0.39, 0.29) is 0 Å². The lowest BCUT2D eigenvalue weighted by molar-refractivity contribution is 0.767. The molecule has 2 aliphatic rings. The second-order valence-electron chi connectivity index (χ2n) is 13.5. The Bertz CT molecular complexity index is 2850. The van der Waals surface area contributed by atoms with Crippen molar-refractivity contribution in [2.24, 2.45) is 0 Å². The first kappa shape index (κ1) is 29.3. The lowest BCUT2D eigenvalue weighted by Gasteiger charge is -2.35. The van der Waals surface area contributed by atoms with Crippen LogP contribution in [-0.2, 0) is 5.41 Å². The molecule has 2 aliphatic carbocycles. The predicted molar refractivity (Wildman–Crippen MR) is 215 cm³/mol. The van der Waals surface area contributed by atoms with Crippen molar-refractivity contribution < 1.29 is 0 Å². The Hall–Kier alpha value is -6.49. The molecule has 0 aliphatic heterocycles. The fraction of sp³-hybridized carbons (Fsp3) is 0.0208. The number of nitrogens with zero attached hydrogens (tertiary/aromatic N) is 3. The van der Waals surface area contributed by atoms with Gasteiger partial charge in [-0.1, -0.05) is 127 Å². The lowest BCUT2D eigenvalue weighted by Crippen LogP contribution is -2.30. The zero-order chi connectivity index (χ0) is 34.2. The van der Waals surface area contributed by atoms with Crippen LogP contribution in [0, 0.1) is 0 Å². The zero-order valence-corrected chi connectivity index (χ0v) is 28.8. The summed E-state index contributed by atoms with van der Waals surface area (Å²) in [4.78, 5) is 14.9. The Morgan fingerprint density at radius 2 is 1.21 bits per heavy atom. The molecule has 0 amide bonds. The van der Waals surface area contributed by atoms with Crippen LogP contribution in [0.1, 0.15) is 33.4 Å². The minimum atomic E-state index is -0.572. The molecule has 3 heterocycles. The fourth-order valence-corrected chi connectivity index (χ4v) is 9.75. The van der Waals surface area contributed by atoms with Crippen molar-refractivity contribution in [3.63, 3.8) is 0 Å². The van der Waals surface area contributed by atoms with Gasteiger partial charge in [0.05, 0.1) is 16.8 Å². The molecule has 9 aromatic rings. The molecule has 3 aromatic heterocycles. The third-order valence-electron chi connectivity index (χ3n) is 10.8. The zero-order valence-electron chi connectivity index (χ0n) is 28.0. The van der Waals surface area contributed by atoms with E-state index in [1.807, 2.05) is 29.7 Å². The number of thiophene rings is 1. The van der Waals surface area contributed by atoms with Crippen LogP contribution in [0.25, 0.3) is 77.4 Å². The Kier molecular flexibility index (Phi) is 6.34. The molecule has 4 heteroatoms. The van der Waals surface area contributed by atoms with Crippen LogP contribution >= 0.6 is 11.3 Å². The Morgan fingerprint density at radius 3 is 2.08 bits per heavy atom. The van der Waals surface area contributed by atoms with E-state index in [2.05, 4.69) is 157 Å². The van der Waals surface area contributed by atoms with E-state index in [0.717, 1.165) is 28.1 Å². The van der Waals surface area contributed by atoms with Crippen molar-refractivity contribution in [2.75, 3.05) is 0 Å². The molecule has 242 valence electrons. The van der Waals surface area contributed by atoms with Gasteiger partial charge >= 0.3 is 0 Å². The predicted octanol–water partition coefficient (Wildman–Crippen LogP) is 12.1. The smallest absolute Gasteiger partial charge is 0.160 e. The molecule has 0 fully saturated rings. The van der Waals surface area contributed by atoms with Crippen LogP contribution in [0.3, 0.4) is 0 Å². The average Bonchev–Trinajstić information content (AvgIpc) is 3.69. The van der Waals surface area contributed by atoms with Gasteiger partial charge in [0, 0.05) is 49.3 Å². The molecule has 52 heavy (non-hydrogen) atoms. The minimum absolute atomic E-state index is 0.572. The third-order valence-corrected chi connectivity index (χ3v) is 12.0. The summed E-state index contributed by atoms with van der Waals surface area (Å²) in [6.07, 6.45) is 8.24. The lowest BCUT2D eigenvalue weighted by atomic mass is 9.65. The maximum absolute atomic E-state index is 5.24. The number of rotatable bonds is 3. The van der Waals surface area contributed by atoms with Gasteiger partial charge in [-0.2, -0.15) is 0 Å². The number of aromatic nitrogens is 3. The van der Waals surface area contributed by atoms with Crippen LogP contribution in [0.5, 0.6) is 0 Å². The highest BCUT2D eigenvalue weighted by Crippen LogP contribution is 2.61. The summed E-state index contributed by atoms with van der Waals surface area (Å²) in [7, 11) is 0. The molecule has 6 aromatic carbocycles. The number of hydrogen-bond donors (Lipinski definition) is 0. The standard InChI is InChI=1S/C48H29N3S/c1-2-12-32(13-3-1)41-28-42(34-14-10-26-49-29-34)51-47(50-41)33-23-22-31-21-20-30-11-4-7-17-37(30)48(40(31)27-33)38-18-8-5-15-35(38)45-39(48)24-25-44-46(45)36-16-6-9-19-43(36)52-44/h1-29H. The molecule has 1 unspecified atom stereocenters. The summed E-state index contributed by atoms with van der Waals surface area (Å²) < 4.78 is 2.63.